The molecule has 1 N–H and O–H groups in total. The quantitative estimate of drug-likeness (QED) is 0.861. The number of benzene rings is 2. The van der Waals surface area contributed by atoms with E-state index in [4.69, 9.17) is 0 Å². The normalized spacial score (nSPS) is 18.9. The highest BCUT2D eigenvalue weighted by Gasteiger charge is 2.22. The number of carbonyl (C=O) groups excluding carboxylic acids is 1. The highest BCUT2D eigenvalue weighted by Crippen LogP contribution is 2.37. The van der Waals surface area contributed by atoms with Gasteiger partial charge in [-0.2, -0.15) is 0 Å². The number of carbonyl (C=O) groups is 1. The lowest BCUT2D eigenvalue weighted by atomic mass is 9.98. The van der Waals surface area contributed by atoms with Crippen molar-refractivity contribution in [1.82, 2.24) is 5.32 Å². The Morgan fingerprint density at radius 2 is 1.74 bits per heavy atom. The summed E-state index contributed by atoms with van der Waals surface area (Å²) in [6.07, 6.45) is 0. The monoisotopic (exact) mass is 269 g/mol. The summed E-state index contributed by atoms with van der Waals surface area (Å²) in [5, 5.41) is 3.19. The lowest BCUT2D eigenvalue weighted by Gasteiger charge is -2.23. The first kappa shape index (κ1) is 12.3. The molecule has 1 atom stereocenters. The van der Waals surface area contributed by atoms with Crippen LogP contribution in [0.25, 0.3) is 0 Å². The van der Waals surface area contributed by atoms with Gasteiger partial charge in [0.05, 0.1) is 5.25 Å². The molecule has 1 aliphatic heterocycles. The third-order valence-electron chi connectivity index (χ3n) is 3.26. The number of amides is 1. The average Bonchev–Trinajstić information content (AvgIpc) is 2.46. The van der Waals surface area contributed by atoms with E-state index in [2.05, 4.69) is 35.6 Å². The SMILES string of the molecule is O=C1NCCSC(c2ccccc2)c2ccccc21. The van der Waals surface area contributed by atoms with Gasteiger partial charge in [0.2, 0.25) is 0 Å². The summed E-state index contributed by atoms with van der Waals surface area (Å²) < 4.78 is 0. The second kappa shape index (κ2) is 5.49. The lowest BCUT2D eigenvalue weighted by Crippen LogP contribution is -2.29. The van der Waals surface area contributed by atoms with Crippen molar-refractivity contribution in [3.8, 4) is 0 Å². The summed E-state index contributed by atoms with van der Waals surface area (Å²) >= 11 is 1.88. The molecular formula is C16H15NOS. The van der Waals surface area contributed by atoms with E-state index in [1.165, 1.54) is 5.56 Å². The predicted octanol–water partition coefficient (Wildman–Crippen LogP) is 3.25. The van der Waals surface area contributed by atoms with Crippen LogP contribution < -0.4 is 5.32 Å². The van der Waals surface area contributed by atoms with E-state index < -0.39 is 0 Å². The average molecular weight is 269 g/mol. The van der Waals surface area contributed by atoms with E-state index >= 15 is 0 Å². The fourth-order valence-electron chi connectivity index (χ4n) is 2.36. The van der Waals surface area contributed by atoms with Gasteiger partial charge in [0.25, 0.3) is 5.91 Å². The zero-order chi connectivity index (χ0) is 13.1. The zero-order valence-corrected chi connectivity index (χ0v) is 11.3. The van der Waals surface area contributed by atoms with E-state index in [-0.39, 0.29) is 11.2 Å². The third-order valence-corrected chi connectivity index (χ3v) is 4.56. The predicted molar refractivity (Wildman–Crippen MR) is 79.5 cm³/mol. The van der Waals surface area contributed by atoms with Crippen LogP contribution in [0, 0.1) is 0 Å². The first-order chi connectivity index (χ1) is 9.36. The van der Waals surface area contributed by atoms with Gasteiger partial charge in [0.15, 0.2) is 0 Å². The van der Waals surface area contributed by atoms with Gasteiger partial charge in [-0.15, -0.1) is 11.8 Å². The molecule has 3 rings (SSSR count). The summed E-state index contributed by atoms with van der Waals surface area (Å²) in [6, 6.07) is 18.3. The molecule has 1 unspecified atom stereocenters. The molecule has 1 amide bonds. The Kier molecular flexibility index (Phi) is 3.56. The summed E-state index contributed by atoms with van der Waals surface area (Å²) in [5.41, 5.74) is 3.16. The minimum absolute atomic E-state index is 0.0387. The maximum atomic E-state index is 12.1. The Hall–Kier alpha value is -1.74. The van der Waals surface area contributed by atoms with Crippen molar-refractivity contribution in [2.45, 2.75) is 5.25 Å². The van der Waals surface area contributed by atoms with Crippen LogP contribution >= 0.6 is 11.8 Å². The number of nitrogens with one attached hydrogen (secondary N) is 1. The summed E-state index contributed by atoms with van der Waals surface area (Å²) in [7, 11) is 0. The molecule has 0 saturated carbocycles. The van der Waals surface area contributed by atoms with Gasteiger partial charge in [-0.3, -0.25) is 4.79 Å². The van der Waals surface area contributed by atoms with Crippen LogP contribution in [0.4, 0.5) is 0 Å². The molecule has 19 heavy (non-hydrogen) atoms. The molecule has 0 saturated heterocycles. The first-order valence-electron chi connectivity index (χ1n) is 6.40. The molecule has 0 aliphatic carbocycles. The standard InChI is InChI=1S/C16H15NOS/c18-16-14-9-5-4-8-13(14)15(19-11-10-17-16)12-6-2-1-3-7-12/h1-9,15H,10-11H2,(H,17,18). The van der Waals surface area contributed by atoms with Crippen molar-refractivity contribution < 1.29 is 4.79 Å². The largest absolute Gasteiger partial charge is 0.351 e. The fraction of sp³-hybridized carbons (Fsp3) is 0.188. The topological polar surface area (TPSA) is 29.1 Å². The Balaban J connectivity index is 2.10. The highest BCUT2D eigenvalue weighted by atomic mass is 32.2. The lowest BCUT2D eigenvalue weighted by molar-refractivity contribution is 0.0955. The van der Waals surface area contributed by atoms with Gasteiger partial charge in [-0.1, -0.05) is 48.5 Å². The Labute approximate surface area is 117 Å². The first-order valence-corrected chi connectivity index (χ1v) is 7.45. The second-order valence-electron chi connectivity index (χ2n) is 4.50. The molecule has 2 aromatic carbocycles. The molecule has 0 bridgehead atoms. The van der Waals surface area contributed by atoms with Gasteiger partial charge in [-0.05, 0) is 17.2 Å². The second-order valence-corrected chi connectivity index (χ2v) is 5.72. The van der Waals surface area contributed by atoms with Crippen molar-refractivity contribution in [1.29, 1.82) is 0 Å². The van der Waals surface area contributed by atoms with E-state index in [9.17, 15) is 4.79 Å². The minimum atomic E-state index is 0.0387. The Morgan fingerprint density at radius 1 is 1.00 bits per heavy atom. The maximum Gasteiger partial charge on any atom is 0.251 e. The molecule has 3 heteroatoms. The van der Waals surface area contributed by atoms with Crippen LogP contribution in [0.3, 0.4) is 0 Å². The van der Waals surface area contributed by atoms with E-state index in [1.807, 2.05) is 36.0 Å². The smallest absolute Gasteiger partial charge is 0.251 e. The van der Waals surface area contributed by atoms with Crippen LogP contribution in [0.2, 0.25) is 0 Å². The van der Waals surface area contributed by atoms with Crippen molar-refractivity contribution in [2.24, 2.45) is 0 Å². The van der Waals surface area contributed by atoms with Crippen LogP contribution in [0.1, 0.15) is 26.7 Å². The van der Waals surface area contributed by atoms with E-state index in [0.717, 1.165) is 23.4 Å². The van der Waals surface area contributed by atoms with Crippen molar-refractivity contribution in [3.63, 3.8) is 0 Å². The number of fused-ring (bicyclic) bond motifs is 1. The van der Waals surface area contributed by atoms with E-state index in [1.54, 1.807) is 0 Å². The Morgan fingerprint density at radius 3 is 2.58 bits per heavy atom. The molecule has 2 aromatic rings. The van der Waals surface area contributed by atoms with Gasteiger partial charge >= 0.3 is 0 Å². The maximum absolute atomic E-state index is 12.1. The van der Waals surface area contributed by atoms with Gasteiger partial charge < -0.3 is 5.32 Å². The van der Waals surface area contributed by atoms with Gasteiger partial charge in [0.1, 0.15) is 0 Å². The Bertz CT molecular complexity index is 582. The number of hydrogen-bond acceptors (Lipinski definition) is 2. The molecular weight excluding hydrogens is 254 g/mol. The minimum Gasteiger partial charge on any atom is -0.351 e. The van der Waals surface area contributed by atoms with Crippen molar-refractivity contribution >= 4 is 17.7 Å². The van der Waals surface area contributed by atoms with Crippen LogP contribution in [-0.2, 0) is 0 Å². The van der Waals surface area contributed by atoms with Crippen LogP contribution in [-0.4, -0.2) is 18.2 Å². The summed E-state index contributed by atoms with van der Waals surface area (Å²) in [6.45, 7) is 0.723. The number of thioether (sulfide) groups is 1. The molecule has 0 radical (unpaired) electrons. The summed E-state index contributed by atoms with van der Waals surface area (Å²) in [5.74, 6) is 0.969. The highest BCUT2D eigenvalue weighted by molar-refractivity contribution is 7.99. The summed E-state index contributed by atoms with van der Waals surface area (Å²) in [4.78, 5) is 12.1. The molecule has 2 nitrogen and oxygen atoms in total. The van der Waals surface area contributed by atoms with Gasteiger partial charge in [0, 0.05) is 17.9 Å². The molecule has 1 aliphatic rings. The van der Waals surface area contributed by atoms with Crippen molar-refractivity contribution in [3.05, 3.63) is 71.3 Å². The number of rotatable bonds is 1. The van der Waals surface area contributed by atoms with Crippen LogP contribution in [0.15, 0.2) is 54.6 Å². The molecule has 0 fully saturated rings. The van der Waals surface area contributed by atoms with Gasteiger partial charge in [-0.25, -0.2) is 0 Å². The van der Waals surface area contributed by atoms with E-state index in [0.29, 0.717) is 0 Å². The fourth-order valence-corrected chi connectivity index (χ4v) is 3.55. The number of hydrogen-bond donors (Lipinski definition) is 1. The molecule has 1 heterocycles. The molecule has 96 valence electrons. The molecule has 0 spiro atoms. The van der Waals surface area contributed by atoms with Crippen LogP contribution in [0.5, 0.6) is 0 Å². The third kappa shape index (κ3) is 2.51. The molecule has 0 aromatic heterocycles. The van der Waals surface area contributed by atoms with Crippen molar-refractivity contribution in [2.75, 3.05) is 12.3 Å². The zero-order valence-electron chi connectivity index (χ0n) is 10.5.